The Morgan fingerprint density at radius 2 is 2.33 bits per heavy atom. The third-order valence-corrected chi connectivity index (χ3v) is 4.58. The molecule has 1 unspecified atom stereocenters. The number of carbonyl (C=O) groups is 1. The van der Waals surface area contributed by atoms with Crippen molar-refractivity contribution >= 4 is 28.3 Å². The van der Waals surface area contributed by atoms with Gasteiger partial charge in [-0.2, -0.15) is 5.10 Å². The van der Waals surface area contributed by atoms with Crippen molar-refractivity contribution in [3.63, 3.8) is 0 Å². The zero-order valence-corrected chi connectivity index (χ0v) is 14.5. The van der Waals surface area contributed by atoms with Gasteiger partial charge in [-0.1, -0.05) is 6.07 Å². The molecule has 0 saturated heterocycles. The number of carbonyl (C=O) groups excluding carboxylic acids is 1. The van der Waals surface area contributed by atoms with Crippen molar-refractivity contribution in [2.24, 2.45) is 0 Å². The van der Waals surface area contributed by atoms with Gasteiger partial charge in [-0.05, 0) is 37.8 Å². The monoisotopic (exact) mass is 344 g/mol. The van der Waals surface area contributed by atoms with Gasteiger partial charge in [-0.15, -0.1) is 11.3 Å². The van der Waals surface area contributed by atoms with E-state index >= 15 is 0 Å². The Bertz CT molecular complexity index is 840. The number of thiophene rings is 1. The van der Waals surface area contributed by atoms with Gasteiger partial charge in [0.25, 0.3) is 5.91 Å². The number of hydrogen-bond acceptors (Lipinski definition) is 5. The fourth-order valence-corrected chi connectivity index (χ4v) is 3.20. The summed E-state index contributed by atoms with van der Waals surface area (Å²) in [5.41, 5.74) is 2.06. The van der Waals surface area contributed by atoms with Crippen molar-refractivity contribution in [3.8, 4) is 0 Å². The molecule has 0 spiro atoms. The predicted octanol–water partition coefficient (Wildman–Crippen LogP) is 2.35. The number of amides is 1. The average Bonchev–Trinajstić information content (AvgIpc) is 3.17. The Morgan fingerprint density at radius 3 is 3.04 bits per heavy atom. The smallest absolute Gasteiger partial charge is 0.252 e. The number of nitrogens with zero attached hydrogens (tertiary/aromatic N) is 3. The van der Waals surface area contributed by atoms with Crippen LogP contribution in [0, 0.1) is 6.92 Å². The normalized spacial score (nSPS) is 12.5. The first kappa shape index (κ1) is 16.6. The van der Waals surface area contributed by atoms with Crippen LogP contribution in [0.3, 0.4) is 0 Å². The minimum Gasteiger partial charge on any atom is -0.393 e. The van der Waals surface area contributed by atoms with Gasteiger partial charge in [0.1, 0.15) is 0 Å². The molecule has 0 radical (unpaired) electrons. The molecule has 0 bridgehead atoms. The van der Waals surface area contributed by atoms with Crippen molar-refractivity contribution in [3.05, 3.63) is 45.9 Å². The fraction of sp³-hybridized carbons (Fsp3) is 0.353. The second-order valence-corrected chi connectivity index (χ2v) is 6.86. The lowest BCUT2D eigenvalue weighted by atomic mass is 10.1. The number of fused-ring (bicyclic) bond motifs is 1. The molecule has 1 amide bonds. The molecular weight excluding hydrogens is 324 g/mol. The van der Waals surface area contributed by atoms with Crippen LogP contribution in [0.5, 0.6) is 0 Å². The molecule has 0 saturated carbocycles. The average molecular weight is 344 g/mol. The molecule has 126 valence electrons. The molecule has 3 aromatic rings. The number of nitrogens with one attached hydrogen (secondary N) is 1. The fourth-order valence-electron chi connectivity index (χ4n) is 2.52. The summed E-state index contributed by atoms with van der Waals surface area (Å²) in [4.78, 5) is 18.2. The summed E-state index contributed by atoms with van der Waals surface area (Å²) in [6.45, 7) is 4.65. The molecule has 0 aliphatic heterocycles. The summed E-state index contributed by atoms with van der Waals surface area (Å²) < 4.78 is 1.82. The third-order valence-electron chi connectivity index (χ3n) is 3.72. The Morgan fingerprint density at radius 1 is 1.50 bits per heavy atom. The van der Waals surface area contributed by atoms with Crippen molar-refractivity contribution in [1.82, 2.24) is 20.1 Å². The Kier molecular flexibility index (Phi) is 4.92. The highest BCUT2D eigenvalue weighted by molar-refractivity contribution is 7.09. The van der Waals surface area contributed by atoms with Gasteiger partial charge in [0.2, 0.25) is 0 Å². The quantitative estimate of drug-likeness (QED) is 0.719. The van der Waals surface area contributed by atoms with E-state index in [1.54, 1.807) is 30.5 Å². The Hall–Kier alpha value is -2.25. The lowest BCUT2D eigenvalue weighted by Gasteiger charge is -2.09. The van der Waals surface area contributed by atoms with Crippen LogP contribution in [0.4, 0.5) is 0 Å². The SMILES string of the molecule is Cc1cc(C(=O)NCCC(C)O)c2cnn(Cc3cccs3)c2n1. The molecule has 3 rings (SSSR count). The van der Waals surface area contributed by atoms with Crippen molar-refractivity contribution in [2.45, 2.75) is 32.9 Å². The molecule has 0 aromatic carbocycles. The van der Waals surface area contributed by atoms with Crippen molar-refractivity contribution in [2.75, 3.05) is 6.54 Å². The van der Waals surface area contributed by atoms with Gasteiger partial charge in [-0.25, -0.2) is 9.67 Å². The highest BCUT2D eigenvalue weighted by atomic mass is 32.1. The first-order valence-corrected chi connectivity index (χ1v) is 8.74. The number of aliphatic hydroxyl groups excluding tert-OH is 1. The number of hydrogen-bond donors (Lipinski definition) is 2. The lowest BCUT2D eigenvalue weighted by Crippen LogP contribution is -2.26. The minimum atomic E-state index is -0.432. The van der Waals surface area contributed by atoms with Crippen LogP contribution in [-0.4, -0.2) is 38.4 Å². The zero-order chi connectivity index (χ0) is 17.1. The highest BCUT2D eigenvalue weighted by Crippen LogP contribution is 2.20. The standard InChI is InChI=1S/C17H20N4O2S/c1-11-8-14(17(23)18-6-5-12(2)22)15-9-19-21(16(15)20-11)10-13-4-3-7-24-13/h3-4,7-9,12,22H,5-6,10H2,1-2H3,(H,18,23). The number of aryl methyl sites for hydroxylation is 1. The summed E-state index contributed by atoms with van der Waals surface area (Å²) in [5, 5.41) is 19.3. The molecule has 6 nitrogen and oxygen atoms in total. The van der Waals surface area contributed by atoms with Gasteiger partial charge >= 0.3 is 0 Å². The first-order valence-electron chi connectivity index (χ1n) is 7.86. The molecule has 0 aliphatic carbocycles. The van der Waals surface area contributed by atoms with Gasteiger partial charge in [0.05, 0.1) is 29.8 Å². The largest absolute Gasteiger partial charge is 0.393 e. The van der Waals surface area contributed by atoms with E-state index in [0.29, 0.717) is 30.7 Å². The maximum Gasteiger partial charge on any atom is 0.252 e. The van der Waals surface area contributed by atoms with E-state index in [-0.39, 0.29) is 5.91 Å². The van der Waals surface area contributed by atoms with Gasteiger partial charge < -0.3 is 10.4 Å². The van der Waals surface area contributed by atoms with Crippen LogP contribution in [0.2, 0.25) is 0 Å². The Balaban J connectivity index is 1.88. The number of aliphatic hydroxyl groups is 1. The molecular formula is C17H20N4O2S. The van der Waals surface area contributed by atoms with E-state index in [1.807, 2.05) is 23.1 Å². The van der Waals surface area contributed by atoms with Gasteiger partial charge in [-0.3, -0.25) is 4.79 Å². The maximum absolute atomic E-state index is 12.5. The minimum absolute atomic E-state index is 0.165. The summed E-state index contributed by atoms with van der Waals surface area (Å²) in [6, 6.07) is 5.83. The van der Waals surface area contributed by atoms with Crippen LogP contribution in [0.15, 0.2) is 29.8 Å². The van der Waals surface area contributed by atoms with Crippen LogP contribution < -0.4 is 5.32 Å². The van der Waals surface area contributed by atoms with E-state index < -0.39 is 6.10 Å². The summed E-state index contributed by atoms with van der Waals surface area (Å²) in [5.74, 6) is -0.165. The van der Waals surface area contributed by atoms with E-state index in [2.05, 4.69) is 21.5 Å². The van der Waals surface area contributed by atoms with E-state index in [4.69, 9.17) is 0 Å². The number of aromatic nitrogens is 3. The third kappa shape index (κ3) is 3.63. The molecule has 0 aliphatic rings. The molecule has 7 heteroatoms. The van der Waals surface area contributed by atoms with Crippen LogP contribution >= 0.6 is 11.3 Å². The zero-order valence-electron chi connectivity index (χ0n) is 13.7. The second-order valence-electron chi connectivity index (χ2n) is 5.82. The summed E-state index contributed by atoms with van der Waals surface area (Å²) in [7, 11) is 0. The van der Waals surface area contributed by atoms with Gasteiger partial charge in [0.15, 0.2) is 5.65 Å². The number of rotatable bonds is 6. The molecule has 1 atom stereocenters. The second kappa shape index (κ2) is 7.11. The number of pyridine rings is 1. The molecule has 24 heavy (non-hydrogen) atoms. The molecule has 0 fully saturated rings. The van der Waals surface area contributed by atoms with Crippen LogP contribution in [-0.2, 0) is 6.54 Å². The molecule has 3 aromatic heterocycles. The molecule has 2 N–H and O–H groups in total. The van der Waals surface area contributed by atoms with Crippen molar-refractivity contribution in [1.29, 1.82) is 0 Å². The van der Waals surface area contributed by atoms with Crippen LogP contribution in [0.25, 0.3) is 11.0 Å². The summed E-state index contributed by atoms with van der Waals surface area (Å²) in [6.07, 6.45) is 1.79. The van der Waals surface area contributed by atoms with Gasteiger partial charge in [0, 0.05) is 17.1 Å². The maximum atomic E-state index is 12.5. The van der Waals surface area contributed by atoms with E-state index in [1.165, 1.54) is 4.88 Å². The van der Waals surface area contributed by atoms with Crippen molar-refractivity contribution < 1.29 is 9.90 Å². The van der Waals surface area contributed by atoms with Crippen LogP contribution in [0.1, 0.15) is 34.3 Å². The van der Waals surface area contributed by atoms with E-state index in [9.17, 15) is 9.90 Å². The Labute approximate surface area is 144 Å². The predicted molar refractivity (Wildman–Crippen MR) is 94.3 cm³/mol. The molecule has 3 heterocycles. The first-order chi connectivity index (χ1) is 11.5. The topological polar surface area (TPSA) is 80.0 Å². The van der Waals surface area contributed by atoms with E-state index in [0.717, 1.165) is 11.1 Å². The highest BCUT2D eigenvalue weighted by Gasteiger charge is 2.16. The lowest BCUT2D eigenvalue weighted by molar-refractivity contribution is 0.0947. The summed E-state index contributed by atoms with van der Waals surface area (Å²) >= 11 is 1.67.